The molecular formula is C23H43N3O2. The molecule has 1 aromatic rings. The minimum Gasteiger partial charge on any atom is -0.513 e. The predicted octanol–water partition coefficient (Wildman–Crippen LogP) is 6.86. The average Bonchev–Trinajstić information content (AvgIpc) is 2.72. The van der Waals surface area contributed by atoms with Gasteiger partial charge in [0.25, 0.3) is 0 Å². The molecule has 0 unspecified atom stereocenters. The molecule has 0 amide bonds. The molecule has 0 aliphatic carbocycles. The molecule has 4 N–H and O–H groups in total. The minimum atomic E-state index is 0.227. The summed E-state index contributed by atoms with van der Waals surface area (Å²) in [6, 6.07) is 5.70. The zero-order valence-corrected chi connectivity index (χ0v) is 19.1. The van der Waals surface area contributed by atoms with Crippen LogP contribution in [0.5, 0.6) is 0 Å². The SMILES string of the molecule is C=C(O)CCCC.CC.CC.CCCN(/C(N)=C/C=C(\C)O)c1ccccn1. The minimum absolute atomic E-state index is 0.227. The largest absolute Gasteiger partial charge is 0.513 e. The zero-order chi connectivity index (χ0) is 22.4. The van der Waals surface area contributed by atoms with Crippen molar-refractivity contribution >= 4 is 5.82 Å². The summed E-state index contributed by atoms with van der Waals surface area (Å²) in [7, 11) is 0. The molecule has 1 aromatic heterocycles. The zero-order valence-electron chi connectivity index (χ0n) is 19.1. The van der Waals surface area contributed by atoms with Gasteiger partial charge in [-0.25, -0.2) is 4.98 Å². The molecule has 1 heterocycles. The highest BCUT2D eigenvalue weighted by Gasteiger charge is 2.08. The van der Waals surface area contributed by atoms with Gasteiger partial charge >= 0.3 is 0 Å². The van der Waals surface area contributed by atoms with Gasteiger partial charge in [0.2, 0.25) is 0 Å². The first kappa shape index (κ1) is 30.3. The number of allylic oxidation sites excluding steroid dienone is 4. The van der Waals surface area contributed by atoms with Crippen LogP contribution in [0.15, 0.2) is 60.5 Å². The summed E-state index contributed by atoms with van der Waals surface area (Å²) in [5, 5.41) is 17.6. The third-order valence-corrected chi connectivity index (χ3v) is 3.00. The van der Waals surface area contributed by atoms with Gasteiger partial charge in [0.1, 0.15) is 11.6 Å². The lowest BCUT2D eigenvalue weighted by Crippen LogP contribution is -2.29. The van der Waals surface area contributed by atoms with E-state index in [2.05, 4.69) is 25.4 Å². The van der Waals surface area contributed by atoms with Crippen molar-refractivity contribution in [3.05, 3.63) is 60.5 Å². The van der Waals surface area contributed by atoms with Gasteiger partial charge in [0, 0.05) is 19.2 Å². The van der Waals surface area contributed by atoms with Crippen molar-refractivity contribution in [1.29, 1.82) is 0 Å². The maximum Gasteiger partial charge on any atom is 0.133 e. The summed E-state index contributed by atoms with van der Waals surface area (Å²) in [5.41, 5.74) is 5.98. The van der Waals surface area contributed by atoms with Crippen LogP contribution < -0.4 is 10.6 Å². The Hall–Kier alpha value is -2.43. The normalized spacial score (nSPS) is 10.2. The maximum atomic E-state index is 9.11. The first-order valence-electron chi connectivity index (χ1n) is 10.3. The van der Waals surface area contributed by atoms with Crippen LogP contribution in [0, 0.1) is 0 Å². The van der Waals surface area contributed by atoms with Gasteiger partial charge in [0.05, 0.1) is 11.5 Å². The number of aliphatic hydroxyl groups excluding tert-OH is 2. The molecule has 28 heavy (non-hydrogen) atoms. The molecule has 0 saturated carbocycles. The van der Waals surface area contributed by atoms with E-state index in [1.54, 1.807) is 25.3 Å². The van der Waals surface area contributed by atoms with Crippen LogP contribution in [0.2, 0.25) is 0 Å². The average molecular weight is 394 g/mol. The van der Waals surface area contributed by atoms with Crippen molar-refractivity contribution in [2.24, 2.45) is 5.73 Å². The maximum absolute atomic E-state index is 9.11. The van der Waals surface area contributed by atoms with E-state index in [1.807, 2.05) is 50.8 Å². The van der Waals surface area contributed by atoms with Crippen LogP contribution in [-0.4, -0.2) is 21.7 Å². The monoisotopic (exact) mass is 393 g/mol. The van der Waals surface area contributed by atoms with Crippen molar-refractivity contribution in [3.63, 3.8) is 0 Å². The molecule has 0 saturated heterocycles. The van der Waals surface area contributed by atoms with Crippen LogP contribution >= 0.6 is 0 Å². The molecule has 0 aromatic carbocycles. The molecule has 0 bridgehead atoms. The van der Waals surface area contributed by atoms with E-state index in [1.165, 1.54) is 0 Å². The van der Waals surface area contributed by atoms with Gasteiger partial charge in [-0.1, -0.05) is 60.6 Å². The Balaban J connectivity index is -0.000000477. The summed E-state index contributed by atoms with van der Waals surface area (Å²) < 4.78 is 0. The lowest BCUT2D eigenvalue weighted by molar-refractivity contribution is 0.386. The molecule has 0 aliphatic rings. The molecule has 162 valence electrons. The van der Waals surface area contributed by atoms with Gasteiger partial charge in [-0.05, 0) is 44.1 Å². The Morgan fingerprint density at radius 3 is 2.07 bits per heavy atom. The lowest BCUT2D eigenvalue weighted by Gasteiger charge is -2.22. The number of unbranched alkanes of at least 4 members (excludes halogenated alkanes) is 1. The second-order valence-electron chi connectivity index (χ2n) is 5.41. The number of hydrogen-bond acceptors (Lipinski definition) is 5. The first-order chi connectivity index (χ1) is 13.4. The Bertz CT molecular complexity index is 522. The number of hydrogen-bond donors (Lipinski definition) is 3. The number of aromatic nitrogens is 1. The van der Waals surface area contributed by atoms with E-state index in [4.69, 9.17) is 15.9 Å². The van der Waals surface area contributed by atoms with Crippen LogP contribution in [0.3, 0.4) is 0 Å². The molecule has 0 fully saturated rings. The molecule has 0 spiro atoms. The van der Waals surface area contributed by atoms with Gasteiger partial charge < -0.3 is 20.8 Å². The fourth-order valence-electron chi connectivity index (χ4n) is 1.79. The number of aliphatic hydroxyl groups is 2. The van der Waals surface area contributed by atoms with Gasteiger partial charge in [0.15, 0.2) is 0 Å². The molecule has 0 radical (unpaired) electrons. The Labute approximate surface area is 173 Å². The Morgan fingerprint density at radius 1 is 1.11 bits per heavy atom. The molecule has 1 rings (SSSR count). The van der Waals surface area contributed by atoms with Crippen LogP contribution in [-0.2, 0) is 0 Å². The van der Waals surface area contributed by atoms with Crippen LogP contribution in [0.25, 0.3) is 0 Å². The van der Waals surface area contributed by atoms with Crippen molar-refractivity contribution in [2.45, 2.75) is 74.1 Å². The number of anilines is 1. The van der Waals surface area contributed by atoms with E-state index >= 15 is 0 Å². The van der Waals surface area contributed by atoms with E-state index in [-0.39, 0.29) is 5.76 Å². The predicted molar refractivity (Wildman–Crippen MR) is 125 cm³/mol. The Morgan fingerprint density at radius 2 is 1.71 bits per heavy atom. The number of nitrogens with zero attached hydrogens (tertiary/aromatic N) is 2. The van der Waals surface area contributed by atoms with Crippen molar-refractivity contribution in [2.75, 3.05) is 11.4 Å². The van der Waals surface area contributed by atoms with Crippen LogP contribution in [0.4, 0.5) is 5.82 Å². The van der Waals surface area contributed by atoms with E-state index < -0.39 is 0 Å². The third kappa shape index (κ3) is 18.4. The number of nitrogens with two attached hydrogens (primary N) is 1. The third-order valence-electron chi connectivity index (χ3n) is 3.00. The second-order valence-corrected chi connectivity index (χ2v) is 5.41. The first-order valence-corrected chi connectivity index (χ1v) is 10.3. The highest BCUT2D eigenvalue weighted by molar-refractivity contribution is 5.45. The summed E-state index contributed by atoms with van der Waals surface area (Å²) in [6.45, 7) is 17.9. The summed E-state index contributed by atoms with van der Waals surface area (Å²) in [4.78, 5) is 6.18. The van der Waals surface area contributed by atoms with E-state index in [9.17, 15) is 0 Å². The fourth-order valence-corrected chi connectivity index (χ4v) is 1.79. The quantitative estimate of drug-likeness (QED) is 0.332. The summed E-state index contributed by atoms with van der Waals surface area (Å²) in [6.07, 6.45) is 8.89. The summed E-state index contributed by atoms with van der Waals surface area (Å²) in [5.74, 6) is 1.92. The number of rotatable bonds is 8. The van der Waals surface area contributed by atoms with Gasteiger partial charge in [-0.15, -0.1) is 0 Å². The van der Waals surface area contributed by atoms with Crippen LogP contribution in [0.1, 0.15) is 74.1 Å². The smallest absolute Gasteiger partial charge is 0.133 e. The van der Waals surface area contributed by atoms with Gasteiger partial charge in [-0.3, -0.25) is 0 Å². The summed E-state index contributed by atoms with van der Waals surface area (Å²) >= 11 is 0. The number of pyridine rings is 1. The van der Waals surface area contributed by atoms with Crippen molar-refractivity contribution < 1.29 is 10.2 Å². The molecule has 5 heteroatoms. The standard InChI is InChI=1S/C13H19N3O.C6H12O.2C2H6/c1-3-10-16(12(14)8-7-11(2)17)13-6-4-5-9-15-13;1-3-4-5-6(2)7;2*1-2/h4-9,17H,3,10,14H2,1-2H3;7H,2-5H2,1H3;2*1-2H3/b11-7+,12-8+;;;. The molecular weight excluding hydrogens is 350 g/mol. The van der Waals surface area contributed by atoms with Gasteiger partial charge in [-0.2, -0.15) is 0 Å². The topological polar surface area (TPSA) is 82.6 Å². The highest BCUT2D eigenvalue weighted by Crippen LogP contribution is 2.13. The van der Waals surface area contributed by atoms with Crippen molar-refractivity contribution in [3.8, 4) is 0 Å². The second kappa shape index (κ2) is 22.6. The molecule has 0 aliphatic heterocycles. The molecule has 0 atom stereocenters. The highest BCUT2D eigenvalue weighted by atomic mass is 16.3. The van der Waals surface area contributed by atoms with E-state index in [0.29, 0.717) is 11.6 Å². The lowest BCUT2D eigenvalue weighted by atomic mass is 10.2. The molecule has 5 nitrogen and oxygen atoms in total. The Kier molecular flexibility index (Phi) is 24.5. The van der Waals surface area contributed by atoms with E-state index in [0.717, 1.165) is 38.0 Å². The fraction of sp³-hybridized carbons (Fsp3) is 0.522. The van der Waals surface area contributed by atoms with Crippen molar-refractivity contribution in [1.82, 2.24) is 4.98 Å².